The number of fused-ring (bicyclic) bond motifs is 1. The van der Waals surface area contributed by atoms with Crippen LogP contribution in [0.3, 0.4) is 0 Å². The van der Waals surface area contributed by atoms with E-state index < -0.39 is 0 Å². The fourth-order valence-electron chi connectivity index (χ4n) is 4.16. The number of aromatic nitrogens is 5. The van der Waals surface area contributed by atoms with E-state index in [2.05, 4.69) is 58.2 Å². The van der Waals surface area contributed by atoms with Crippen molar-refractivity contribution in [3.05, 3.63) is 35.4 Å². The second-order valence-electron chi connectivity index (χ2n) is 8.75. The summed E-state index contributed by atoms with van der Waals surface area (Å²) < 4.78 is 7.59. The van der Waals surface area contributed by atoms with E-state index in [-0.39, 0.29) is 17.9 Å². The van der Waals surface area contributed by atoms with Gasteiger partial charge in [0.25, 0.3) is 5.91 Å². The van der Waals surface area contributed by atoms with Gasteiger partial charge in [0, 0.05) is 43.0 Å². The van der Waals surface area contributed by atoms with Crippen molar-refractivity contribution < 1.29 is 9.53 Å². The van der Waals surface area contributed by atoms with E-state index in [9.17, 15) is 4.79 Å². The molecule has 1 aliphatic heterocycles. The summed E-state index contributed by atoms with van der Waals surface area (Å²) in [5.74, 6) is -0.0464. The number of hydrogen-bond acceptors (Lipinski definition) is 6. The van der Waals surface area contributed by atoms with E-state index in [1.165, 1.54) is 6.33 Å². The number of H-pyrrole nitrogens is 1. The van der Waals surface area contributed by atoms with Crippen LogP contribution in [0.1, 0.15) is 55.2 Å². The molecule has 166 valence electrons. The van der Waals surface area contributed by atoms with Gasteiger partial charge in [-0.3, -0.25) is 14.8 Å². The van der Waals surface area contributed by atoms with E-state index in [1.807, 2.05) is 19.2 Å². The van der Waals surface area contributed by atoms with Crippen molar-refractivity contribution in [2.75, 3.05) is 26.2 Å². The van der Waals surface area contributed by atoms with Crippen LogP contribution in [-0.2, 0) is 4.74 Å². The molecule has 4 heterocycles. The van der Waals surface area contributed by atoms with Crippen molar-refractivity contribution >= 4 is 11.6 Å². The zero-order valence-electron chi connectivity index (χ0n) is 18.8. The first-order chi connectivity index (χ1) is 14.8. The summed E-state index contributed by atoms with van der Waals surface area (Å²) in [7, 11) is 0. The van der Waals surface area contributed by atoms with Crippen molar-refractivity contribution in [2.24, 2.45) is 0 Å². The highest BCUT2D eigenvalue weighted by Crippen LogP contribution is 2.31. The summed E-state index contributed by atoms with van der Waals surface area (Å²) in [6.07, 6.45) is 3.42. The Morgan fingerprint density at radius 3 is 2.90 bits per heavy atom. The molecule has 1 aliphatic rings. The Balaban J connectivity index is 1.55. The number of amides is 1. The van der Waals surface area contributed by atoms with Crippen molar-refractivity contribution in [1.29, 1.82) is 0 Å². The second-order valence-corrected chi connectivity index (χ2v) is 8.75. The molecule has 0 aromatic carbocycles. The van der Waals surface area contributed by atoms with E-state index in [4.69, 9.17) is 4.74 Å². The molecule has 3 aromatic heterocycles. The number of nitrogens with one attached hydrogen (secondary N) is 2. The largest absolute Gasteiger partial charge is 0.374 e. The van der Waals surface area contributed by atoms with E-state index in [0.29, 0.717) is 24.9 Å². The number of ether oxygens (including phenoxy) is 1. The third kappa shape index (κ3) is 4.33. The predicted octanol–water partition coefficient (Wildman–Crippen LogP) is 2.39. The number of aryl methyl sites for hydroxylation is 1. The molecule has 9 nitrogen and oxygen atoms in total. The van der Waals surface area contributed by atoms with Gasteiger partial charge >= 0.3 is 0 Å². The summed E-state index contributed by atoms with van der Waals surface area (Å²) in [6.45, 7) is 13.4. The molecule has 0 bridgehead atoms. The van der Waals surface area contributed by atoms with Crippen LogP contribution in [0.4, 0.5) is 0 Å². The third-order valence-electron chi connectivity index (χ3n) is 5.83. The van der Waals surface area contributed by atoms with Gasteiger partial charge in [-0.25, -0.2) is 9.50 Å². The number of hydrogen-bond donors (Lipinski definition) is 2. The number of morpholine rings is 1. The van der Waals surface area contributed by atoms with Crippen LogP contribution >= 0.6 is 0 Å². The standard InChI is InChI=1S/C22H31N7O2/c1-13(2)18-19(16-8-15(5)21-24-12-25-29(21)10-16)26-27-20(18)22(30)23-9-17-11-28(14(3)4)6-7-31-17/h8,10,12-14,17H,6-7,9,11H2,1-5H3,(H,23,30)(H,26,27). The summed E-state index contributed by atoms with van der Waals surface area (Å²) in [5, 5.41) is 14.8. The maximum absolute atomic E-state index is 13.0. The Morgan fingerprint density at radius 1 is 1.35 bits per heavy atom. The first kappa shape index (κ1) is 21.5. The number of aromatic amines is 1. The van der Waals surface area contributed by atoms with Crippen LogP contribution in [0.15, 0.2) is 18.6 Å². The van der Waals surface area contributed by atoms with Crippen molar-refractivity contribution in [2.45, 2.75) is 52.7 Å². The molecule has 0 radical (unpaired) electrons. The lowest BCUT2D eigenvalue weighted by Crippen LogP contribution is -2.49. The van der Waals surface area contributed by atoms with Gasteiger partial charge in [0.15, 0.2) is 5.65 Å². The van der Waals surface area contributed by atoms with Gasteiger partial charge in [0.1, 0.15) is 12.0 Å². The SMILES string of the molecule is Cc1cc(-c2n[nH]c(C(=O)NCC3CN(C(C)C)CCO3)c2C(C)C)cn2ncnc12. The normalized spacial score (nSPS) is 17.7. The Bertz CT molecular complexity index is 1070. The Hall–Kier alpha value is -2.78. The number of pyridine rings is 1. The molecule has 1 fully saturated rings. The van der Waals surface area contributed by atoms with Crippen molar-refractivity contribution in [3.8, 4) is 11.3 Å². The molecule has 1 atom stereocenters. The number of nitrogens with zero attached hydrogens (tertiary/aromatic N) is 5. The minimum absolute atomic E-state index is 0.0117. The number of rotatable bonds is 6. The average molecular weight is 426 g/mol. The highest BCUT2D eigenvalue weighted by molar-refractivity contribution is 5.95. The Labute approximate surface area is 182 Å². The van der Waals surface area contributed by atoms with Gasteiger partial charge in [-0.2, -0.15) is 10.2 Å². The molecule has 1 unspecified atom stereocenters. The Kier molecular flexibility index (Phi) is 6.06. The minimum Gasteiger partial charge on any atom is -0.374 e. The zero-order valence-corrected chi connectivity index (χ0v) is 18.8. The average Bonchev–Trinajstić information content (AvgIpc) is 3.39. The van der Waals surface area contributed by atoms with Crippen LogP contribution < -0.4 is 5.32 Å². The first-order valence-corrected chi connectivity index (χ1v) is 10.9. The fourth-order valence-corrected chi connectivity index (χ4v) is 4.16. The van der Waals surface area contributed by atoms with Crippen LogP contribution in [0, 0.1) is 6.92 Å². The molecular weight excluding hydrogens is 394 g/mol. The molecule has 0 saturated carbocycles. The molecule has 2 N–H and O–H groups in total. The fraction of sp³-hybridized carbons (Fsp3) is 0.545. The number of carbonyl (C=O) groups is 1. The molecule has 0 aliphatic carbocycles. The molecule has 0 spiro atoms. The van der Waals surface area contributed by atoms with Gasteiger partial charge in [0.05, 0.1) is 18.4 Å². The van der Waals surface area contributed by atoms with Gasteiger partial charge in [0.2, 0.25) is 0 Å². The van der Waals surface area contributed by atoms with Gasteiger partial charge < -0.3 is 10.1 Å². The van der Waals surface area contributed by atoms with Gasteiger partial charge in [-0.15, -0.1) is 0 Å². The van der Waals surface area contributed by atoms with E-state index in [0.717, 1.165) is 41.1 Å². The predicted molar refractivity (Wildman–Crippen MR) is 118 cm³/mol. The Morgan fingerprint density at radius 2 is 2.16 bits per heavy atom. The molecule has 31 heavy (non-hydrogen) atoms. The van der Waals surface area contributed by atoms with Crippen LogP contribution in [0.2, 0.25) is 0 Å². The topological polar surface area (TPSA) is 100 Å². The van der Waals surface area contributed by atoms with E-state index in [1.54, 1.807) is 4.52 Å². The van der Waals surface area contributed by atoms with Gasteiger partial charge in [-0.05, 0) is 38.3 Å². The second kappa shape index (κ2) is 8.76. The van der Waals surface area contributed by atoms with Crippen LogP contribution in [0.25, 0.3) is 16.9 Å². The molecule has 1 amide bonds. The lowest BCUT2D eigenvalue weighted by molar-refractivity contribution is -0.0364. The summed E-state index contributed by atoms with van der Waals surface area (Å²) in [4.78, 5) is 19.7. The van der Waals surface area contributed by atoms with Crippen molar-refractivity contribution in [3.63, 3.8) is 0 Å². The van der Waals surface area contributed by atoms with Crippen molar-refractivity contribution in [1.82, 2.24) is 35.0 Å². The smallest absolute Gasteiger partial charge is 0.269 e. The summed E-state index contributed by atoms with van der Waals surface area (Å²) in [6, 6.07) is 2.50. The summed E-state index contributed by atoms with van der Waals surface area (Å²) in [5.41, 5.74) is 4.87. The lowest BCUT2D eigenvalue weighted by Gasteiger charge is -2.35. The summed E-state index contributed by atoms with van der Waals surface area (Å²) >= 11 is 0. The highest BCUT2D eigenvalue weighted by atomic mass is 16.5. The lowest BCUT2D eigenvalue weighted by atomic mass is 9.96. The minimum atomic E-state index is -0.161. The van der Waals surface area contributed by atoms with E-state index >= 15 is 0 Å². The quantitative estimate of drug-likeness (QED) is 0.629. The molecule has 3 aromatic rings. The van der Waals surface area contributed by atoms with Crippen LogP contribution in [0.5, 0.6) is 0 Å². The number of carbonyl (C=O) groups excluding carboxylic acids is 1. The van der Waals surface area contributed by atoms with Crippen LogP contribution in [-0.4, -0.2) is 74.0 Å². The highest BCUT2D eigenvalue weighted by Gasteiger charge is 2.26. The maximum Gasteiger partial charge on any atom is 0.269 e. The maximum atomic E-state index is 13.0. The third-order valence-corrected chi connectivity index (χ3v) is 5.83. The van der Waals surface area contributed by atoms with Gasteiger partial charge in [-0.1, -0.05) is 13.8 Å². The zero-order chi connectivity index (χ0) is 22.1. The molecular formula is C22H31N7O2. The molecule has 1 saturated heterocycles. The first-order valence-electron chi connectivity index (χ1n) is 10.9. The monoisotopic (exact) mass is 425 g/mol. The molecule has 4 rings (SSSR count). The molecule has 9 heteroatoms.